The second-order valence-corrected chi connectivity index (χ2v) is 9.12. The summed E-state index contributed by atoms with van der Waals surface area (Å²) in [7, 11) is 0.426. The van der Waals surface area contributed by atoms with Crippen LogP contribution in [0.15, 0.2) is 59.7 Å². The molecule has 0 spiro atoms. The number of rotatable bonds is 14. The first kappa shape index (κ1) is 27.5. The number of benzene rings is 2. The lowest BCUT2D eigenvalue weighted by atomic mass is 10.2. The summed E-state index contributed by atoms with van der Waals surface area (Å²) < 4.78 is 45.4. The van der Waals surface area contributed by atoms with Crippen LogP contribution in [-0.4, -0.2) is 27.4 Å². The van der Waals surface area contributed by atoms with Crippen molar-refractivity contribution < 1.29 is 32.6 Å². The molecule has 0 aliphatic carbocycles. The van der Waals surface area contributed by atoms with E-state index in [2.05, 4.69) is 0 Å². The molecule has 186 valence electrons. The van der Waals surface area contributed by atoms with Gasteiger partial charge in [0.25, 0.3) is 0 Å². The quantitative estimate of drug-likeness (QED) is 0.221. The molecule has 0 atom stereocenters. The molecule has 2 rings (SSSR count). The van der Waals surface area contributed by atoms with Crippen molar-refractivity contribution in [2.24, 2.45) is 0 Å². The van der Waals surface area contributed by atoms with E-state index >= 15 is 0 Å². The number of methoxy groups -OCH3 is 2. The minimum absolute atomic E-state index is 0.100. The molecule has 0 bridgehead atoms. The van der Waals surface area contributed by atoms with Crippen LogP contribution in [0.4, 0.5) is 0 Å². The Morgan fingerprint density at radius 2 is 1.06 bits per heavy atom. The normalized spacial score (nSPS) is 10.6. The first-order valence-corrected chi connectivity index (χ1v) is 12.2. The zero-order valence-electron chi connectivity index (χ0n) is 20.8. The van der Waals surface area contributed by atoms with Gasteiger partial charge in [-0.1, -0.05) is 11.1 Å². The molecular formula is C26H35O7P. The van der Waals surface area contributed by atoms with Crippen LogP contribution in [0.3, 0.4) is 0 Å². The second-order valence-electron chi connectivity index (χ2n) is 8.05. The van der Waals surface area contributed by atoms with E-state index in [4.69, 9.17) is 28.0 Å². The minimum Gasteiger partial charge on any atom is -0.497 e. The van der Waals surface area contributed by atoms with Crippen molar-refractivity contribution in [2.45, 2.75) is 40.9 Å². The van der Waals surface area contributed by atoms with E-state index < -0.39 is 8.25 Å². The topological polar surface area (TPSA) is 72.5 Å². The average molecular weight is 491 g/mol. The second kappa shape index (κ2) is 14.5. The molecule has 0 heterocycles. The molecule has 0 aliphatic rings. The van der Waals surface area contributed by atoms with Gasteiger partial charge in [-0.25, -0.2) is 0 Å². The maximum Gasteiger partial charge on any atom is 0.319 e. The smallest absolute Gasteiger partial charge is 0.319 e. The first-order chi connectivity index (χ1) is 16.3. The average Bonchev–Trinajstić information content (AvgIpc) is 2.80. The first-order valence-electron chi connectivity index (χ1n) is 11.0. The fourth-order valence-corrected chi connectivity index (χ4v) is 3.42. The van der Waals surface area contributed by atoms with Gasteiger partial charge in [-0.2, -0.15) is 0 Å². The Bertz CT molecular complexity index is 927. The lowest BCUT2D eigenvalue weighted by Crippen LogP contribution is -1.98. The maximum atomic E-state index is 12.4. The lowest BCUT2D eigenvalue weighted by Gasteiger charge is -2.12. The Morgan fingerprint density at radius 3 is 1.41 bits per heavy atom. The largest absolute Gasteiger partial charge is 0.497 e. The molecule has 0 aromatic heterocycles. The van der Waals surface area contributed by atoms with Crippen molar-refractivity contribution >= 4 is 8.25 Å². The lowest BCUT2D eigenvalue weighted by molar-refractivity contribution is 0.212. The fourth-order valence-electron chi connectivity index (χ4n) is 2.77. The summed E-state index contributed by atoms with van der Waals surface area (Å²) in [6, 6.07) is 10.9. The predicted molar refractivity (Wildman–Crippen MR) is 134 cm³/mol. The van der Waals surface area contributed by atoms with Gasteiger partial charge < -0.3 is 28.0 Å². The summed E-state index contributed by atoms with van der Waals surface area (Å²) in [5, 5.41) is 0. The van der Waals surface area contributed by atoms with Gasteiger partial charge in [-0.3, -0.25) is 4.57 Å². The molecule has 0 saturated heterocycles. The number of hydrogen-bond donors (Lipinski definition) is 0. The third kappa shape index (κ3) is 10.5. The van der Waals surface area contributed by atoms with Gasteiger partial charge in [0, 0.05) is 12.1 Å². The molecule has 7 nitrogen and oxygen atoms in total. The summed E-state index contributed by atoms with van der Waals surface area (Å²) >= 11 is 0. The molecule has 8 heteroatoms. The van der Waals surface area contributed by atoms with E-state index in [1.807, 2.05) is 52.0 Å². The molecular weight excluding hydrogens is 455 g/mol. The van der Waals surface area contributed by atoms with Crippen LogP contribution in [0.1, 0.15) is 38.8 Å². The SMILES string of the molecule is COc1cc(CO[PH](=O)OCc2cc(OC)cc(OCC=C(C)C)c2)cc(OCC=C(C)C)c1. The van der Waals surface area contributed by atoms with Gasteiger partial charge in [0.1, 0.15) is 36.2 Å². The van der Waals surface area contributed by atoms with E-state index in [1.165, 1.54) is 11.1 Å². The molecule has 0 aliphatic heterocycles. The highest BCUT2D eigenvalue weighted by atomic mass is 31.1. The number of allylic oxidation sites excluding steroid dienone is 2. The Balaban J connectivity index is 1.94. The molecule has 0 unspecified atom stereocenters. The van der Waals surface area contributed by atoms with Crippen LogP contribution >= 0.6 is 8.25 Å². The van der Waals surface area contributed by atoms with E-state index in [1.54, 1.807) is 38.5 Å². The van der Waals surface area contributed by atoms with Crippen LogP contribution in [-0.2, 0) is 26.8 Å². The summed E-state index contributed by atoms with van der Waals surface area (Å²) in [4.78, 5) is 0. The third-order valence-corrected chi connectivity index (χ3v) is 5.31. The highest BCUT2D eigenvalue weighted by molar-refractivity contribution is 7.33. The van der Waals surface area contributed by atoms with Gasteiger partial charge in [-0.05, 0) is 75.2 Å². The Labute approximate surface area is 203 Å². The number of hydrogen-bond acceptors (Lipinski definition) is 7. The summed E-state index contributed by atoms with van der Waals surface area (Å²) in [6.07, 6.45) is 3.97. The van der Waals surface area contributed by atoms with E-state index in [0.29, 0.717) is 36.2 Å². The van der Waals surface area contributed by atoms with Crippen LogP contribution < -0.4 is 18.9 Å². The fraction of sp³-hybridized carbons (Fsp3) is 0.385. The van der Waals surface area contributed by atoms with Crippen LogP contribution in [0.25, 0.3) is 0 Å². The minimum atomic E-state index is -2.74. The Kier molecular flexibility index (Phi) is 11.7. The highest BCUT2D eigenvalue weighted by Crippen LogP contribution is 2.31. The molecule has 2 aromatic rings. The number of ether oxygens (including phenoxy) is 4. The molecule has 0 fully saturated rings. The third-order valence-electron chi connectivity index (χ3n) is 4.55. The monoisotopic (exact) mass is 490 g/mol. The molecule has 0 radical (unpaired) electrons. The van der Waals surface area contributed by atoms with Crippen molar-refractivity contribution in [1.29, 1.82) is 0 Å². The van der Waals surface area contributed by atoms with Gasteiger partial charge in [0.15, 0.2) is 0 Å². The van der Waals surface area contributed by atoms with E-state index in [-0.39, 0.29) is 13.2 Å². The molecule has 2 aromatic carbocycles. The summed E-state index contributed by atoms with van der Waals surface area (Å²) in [5.74, 6) is 2.55. The predicted octanol–water partition coefficient (Wildman–Crippen LogP) is 6.52. The summed E-state index contributed by atoms with van der Waals surface area (Å²) in [5.41, 5.74) is 3.88. The van der Waals surface area contributed by atoms with Crippen molar-refractivity contribution in [2.75, 3.05) is 27.4 Å². The zero-order chi connectivity index (χ0) is 24.9. The van der Waals surface area contributed by atoms with Crippen molar-refractivity contribution in [1.82, 2.24) is 0 Å². The van der Waals surface area contributed by atoms with E-state index in [9.17, 15) is 4.57 Å². The van der Waals surface area contributed by atoms with Gasteiger partial charge in [0.05, 0.1) is 27.4 Å². The van der Waals surface area contributed by atoms with Gasteiger partial charge in [0.2, 0.25) is 0 Å². The molecule has 0 saturated carbocycles. The van der Waals surface area contributed by atoms with Crippen LogP contribution in [0.5, 0.6) is 23.0 Å². The van der Waals surface area contributed by atoms with Crippen LogP contribution in [0.2, 0.25) is 0 Å². The molecule has 0 N–H and O–H groups in total. The van der Waals surface area contributed by atoms with E-state index in [0.717, 1.165) is 11.1 Å². The Morgan fingerprint density at radius 1 is 0.676 bits per heavy atom. The standard InChI is InChI=1S/C26H35O7P/c1-19(2)7-9-30-25-13-21(11-23(15-25)28-5)17-32-34(27)33-18-22-12-24(29-6)16-26(14-22)31-10-8-20(3)4/h7-8,11-16,34H,9-10,17-18H2,1-6H3. The van der Waals surface area contributed by atoms with Crippen molar-refractivity contribution in [3.63, 3.8) is 0 Å². The van der Waals surface area contributed by atoms with Crippen LogP contribution in [0, 0.1) is 0 Å². The summed E-state index contributed by atoms with van der Waals surface area (Å²) in [6.45, 7) is 9.15. The maximum absolute atomic E-state index is 12.4. The van der Waals surface area contributed by atoms with Gasteiger partial charge >= 0.3 is 8.25 Å². The van der Waals surface area contributed by atoms with Crippen molar-refractivity contribution in [3.8, 4) is 23.0 Å². The Hall–Kier alpha value is -2.73. The van der Waals surface area contributed by atoms with Gasteiger partial charge in [-0.15, -0.1) is 0 Å². The highest BCUT2D eigenvalue weighted by Gasteiger charge is 2.08. The van der Waals surface area contributed by atoms with Crippen molar-refractivity contribution in [3.05, 3.63) is 70.8 Å². The molecule has 34 heavy (non-hydrogen) atoms. The molecule has 0 amide bonds. The zero-order valence-corrected chi connectivity index (χ0v) is 21.8.